The summed E-state index contributed by atoms with van der Waals surface area (Å²) in [5.74, 6) is 0.568. The molecule has 0 saturated carbocycles. The predicted octanol–water partition coefficient (Wildman–Crippen LogP) is 3.32. The van der Waals surface area contributed by atoms with Crippen LogP contribution in [-0.2, 0) is 6.18 Å². The van der Waals surface area contributed by atoms with Crippen LogP contribution >= 0.6 is 11.8 Å². The fourth-order valence-electron chi connectivity index (χ4n) is 2.45. The van der Waals surface area contributed by atoms with Gasteiger partial charge in [0.25, 0.3) is 0 Å². The Morgan fingerprint density at radius 2 is 2.05 bits per heavy atom. The van der Waals surface area contributed by atoms with Gasteiger partial charge in [0, 0.05) is 34.8 Å². The van der Waals surface area contributed by atoms with Crippen molar-refractivity contribution in [3.05, 3.63) is 29.3 Å². The first kappa shape index (κ1) is 16.0. The summed E-state index contributed by atoms with van der Waals surface area (Å²) in [6.45, 7) is 4.87. The lowest BCUT2D eigenvalue weighted by atomic mass is 10.0. The number of amidine groups is 1. The molecule has 7 heteroatoms. The molecule has 2 rings (SSSR count). The molecule has 1 aliphatic heterocycles. The molecule has 3 nitrogen and oxygen atoms in total. The number of nitrogens with zero attached hydrogens (tertiary/aromatic N) is 1. The van der Waals surface area contributed by atoms with Crippen LogP contribution in [0.2, 0.25) is 0 Å². The Kier molecular flexibility index (Phi) is 4.41. The highest BCUT2D eigenvalue weighted by Gasteiger charge is 2.33. The van der Waals surface area contributed by atoms with Crippen LogP contribution < -0.4 is 10.6 Å². The van der Waals surface area contributed by atoms with Gasteiger partial charge in [0.05, 0.1) is 5.56 Å². The van der Waals surface area contributed by atoms with E-state index < -0.39 is 11.7 Å². The normalized spacial score (nSPS) is 23.2. The largest absolute Gasteiger partial charge is 0.416 e. The third kappa shape index (κ3) is 3.28. The number of nitrogens with one attached hydrogen (secondary N) is 1. The number of halogens is 3. The van der Waals surface area contributed by atoms with Gasteiger partial charge in [0.15, 0.2) is 0 Å². The summed E-state index contributed by atoms with van der Waals surface area (Å²) in [4.78, 5) is 2.04. The molecule has 0 aromatic heterocycles. The number of alkyl halides is 3. The van der Waals surface area contributed by atoms with Gasteiger partial charge >= 0.3 is 6.18 Å². The quantitative estimate of drug-likeness (QED) is 0.650. The number of rotatable bonds is 2. The van der Waals surface area contributed by atoms with E-state index in [0.717, 1.165) is 24.4 Å². The zero-order valence-corrected chi connectivity index (χ0v) is 12.7. The van der Waals surface area contributed by atoms with E-state index in [2.05, 4.69) is 6.92 Å². The summed E-state index contributed by atoms with van der Waals surface area (Å²) < 4.78 is 38.4. The van der Waals surface area contributed by atoms with Crippen molar-refractivity contribution in [2.45, 2.75) is 31.3 Å². The van der Waals surface area contributed by atoms with E-state index in [9.17, 15) is 13.2 Å². The summed E-state index contributed by atoms with van der Waals surface area (Å²) in [7, 11) is 0. The maximum Gasteiger partial charge on any atom is 0.416 e. The molecule has 2 atom stereocenters. The zero-order valence-electron chi connectivity index (χ0n) is 11.9. The van der Waals surface area contributed by atoms with E-state index in [-0.39, 0.29) is 17.4 Å². The molecule has 1 aromatic rings. The Bertz CT molecular complexity index is 545. The van der Waals surface area contributed by atoms with E-state index >= 15 is 0 Å². The highest BCUT2D eigenvalue weighted by Crippen LogP contribution is 2.35. The van der Waals surface area contributed by atoms with Crippen LogP contribution in [0.15, 0.2) is 18.2 Å². The molecule has 116 valence electrons. The van der Waals surface area contributed by atoms with E-state index in [1.165, 1.54) is 6.07 Å². The molecule has 1 aromatic carbocycles. The Morgan fingerprint density at radius 3 is 2.62 bits per heavy atom. The number of anilines is 1. The van der Waals surface area contributed by atoms with Gasteiger partial charge in [-0.05, 0) is 25.1 Å². The number of nitrogens with two attached hydrogens (primary N) is 1. The molecule has 0 amide bonds. The molecular formula is C14H18F3N3S. The standard InChI is InChI=1S/C14H18F3N3S/c1-8-9(2)21-6-5-20(8)12-4-3-10(14(15,16)17)7-11(12)13(18)19/h3-4,7-9H,5-6H2,1-2H3,(H3,18,19). The molecule has 1 aliphatic rings. The van der Waals surface area contributed by atoms with Crippen LogP contribution in [0.25, 0.3) is 0 Å². The van der Waals surface area contributed by atoms with E-state index in [0.29, 0.717) is 10.9 Å². The van der Waals surface area contributed by atoms with Gasteiger partial charge in [0.1, 0.15) is 5.84 Å². The van der Waals surface area contributed by atoms with Crippen molar-refractivity contribution in [1.29, 1.82) is 5.41 Å². The molecule has 1 heterocycles. The van der Waals surface area contributed by atoms with Gasteiger partial charge in [-0.2, -0.15) is 24.9 Å². The maximum atomic E-state index is 12.8. The number of thioether (sulfide) groups is 1. The van der Waals surface area contributed by atoms with Gasteiger partial charge in [-0.15, -0.1) is 0 Å². The fraction of sp³-hybridized carbons (Fsp3) is 0.500. The van der Waals surface area contributed by atoms with Crippen LogP contribution in [0, 0.1) is 5.41 Å². The SMILES string of the molecule is CC1SCCN(c2ccc(C(F)(F)F)cc2C(=N)N)C1C. The lowest BCUT2D eigenvalue weighted by Gasteiger charge is -2.40. The second kappa shape index (κ2) is 5.79. The summed E-state index contributed by atoms with van der Waals surface area (Å²) >= 11 is 1.84. The van der Waals surface area contributed by atoms with Crippen LogP contribution in [0.5, 0.6) is 0 Å². The number of nitrogen functional groups attached to an aromatic ring is 1. The second-order valence-corrected chi connectivity index (χ2v) is 6.64. The molecule has 1 fully saturated rings. The molecule has 3 N–H and O–H groups in total. The minimum absolute atomic E-state index is 0.149. The smallest absolute Gasteiger partial charge is 0.384 e. The second-order valence-electron chi connectivity index (χ2n) is 5.15. The Balaban J connectivity index is 2.46. The van der Waals surface area contributed by atoms with Crippen LogP contribution in [-0.4, -0.2) is 29.4 Å². The topological polar surface area (TPSA) is 53.1 Å². The molecule has 0 radical (unpaired) electrons. The highest BCUT2D eigenvalue weighted by molar-refractivity contribution is 8.00. The molecule has 0 spiro atoms. The molecule has 2 unspecified atom stereocenters. The van der Waals surface area contributed by atoms with Crippen molar-refractivity contribution in [3.63, 3.8) is 0 Å². The Labute approximate surface area is 126 Å². The van der Waals surface area contributed by atoms with Crippen molar-refractivity contribution in [2.75, 3.05) is 17.2 Å². The average Bonchev–Trinajstić information content (AvgIpc) is 2.40. The van der Waals surface area contributed by atoms with Gasteiger partial charge in [-0.25, -0.2) is 0 Å². The summed E-state index contributed by atoms with van der Waals surface area (Å²) in [6.07, 6.45) is -4.43. The van der Waals surface area contributed by atoms with Gasteiger partial charge in [-0.3, -0.25) is 5.41 Å². The Hall–Kier alpha value is -1.37. The van der Waals surface area contributed by atoms with Crippen molar-refractivity contribution in [3.8, 4) is 0 Å². The fourth-order valence-corrected chi connectivity index (χ4v) is 3.55. The maximum absolute atomic E-state index is 12.8. The van der Waals surface area contributed by atoms with Gasteiger partial charge < -0.3 is 10.6 Å². The summed E-state index contributed by atoms with van der Waals surface area (Å²) in [6, 6.07) is 3.63. The predicted molar refractivity (Wildman–Crippen MR) is 81.2 cm³/mol. The minimum Gasteiger partial charge on any atom is -0.384 e. The molecule has 1 saturated heterocycles. The van der Waals surface area contributed by atoms with E-state index in [4.69, 9.17) is 11.1 Å². The third-order valence-corrected chi connectivity index (χ3v) is 5.15. The molecule has 0 bridgehead atoms. The number of benzene rings is 1. The Morgan fingerprint density at radius 1 is 1.38 bits per heavy atom. The first-order valence-electron chi connectivity index (χ1n) is 6.65. The van der Waals surface area contributed by atoms with Crippen molar-refractivity contribution in [1.82, 2.24) is 0 Å². The van der Waals surface area contributed by atoms with E-state index in [1.807, 2.05) is 23.6 Å². The van der Waals surface area contributed by atoms with Gasteiger partial charge in [-0.1, -0.05) is 6.92 Å². The van der Waals surface area contributed by atoms with Crippen molar-refractivity contribution < 1.29 is 13.2 Å². The first-order chi connectivity index (χ1) is 9.71. The monoisotopic (exact) mass is 317 g/mol. The zero-order chi connectivity index (χ0) is 15.8. The number of hydrogen-bond acceptors (Lipinski definition) is 3. The van der Waals surface area contributed by atoms with E-state index in [1.54, 1.807) is 0 Å². The first-order valence-corrected chi connectivity index (χ1v) is 7.70. The lowest BCUT2D eigenvalue weighted by Crippen LogP contribution is -2.45. The van der Waals surface area contributed by atoms with Crippen LogP contribution in [0.4, 0.5) is 18.9 Å². The molecule has 0 aliphatic carbocycles. The molecule has 21 heavy (non-hydrogen) atoms. The summed E-state index contributed by atoms with van der Waals surface area (Å²) in [5, 5.41) is 7.97. The van der Waals surface area contributed by atoms with Crippen molar-refractivity contribution in [2.24, 2.45) is 5.73 Å². The van der Waals surface area contributed by atoms with Crippen LogP contribution in [0.1, 0.15) is 25.0 Å². The average molecular weight is 317 g/mol. The third-order valence-electron chi connectivity index (χ3n) is 3.81. The van der Waals surface area contributed by atoms with Gasteiger partial charge in [0.2, 0.25) is 0 Å². The van der Waals surface area contributed by atoms with Crippen molar-refractivity contribution >= 4 is 23.3 Å². The summed E-state index contributed by atoms with van der Waals surface area (Å²) in [5.41, 5.74) is 5.48. The minimum atomic E-state index is -4.43. The van der Waals surface area contributed by atoms with Crippen LogP contribution in [0.3, 0.4) is 0 Å². The number of hydrogen-bond donors (Lipinski definition) is 2. The molecular weight excluding hydrogens is 299 g/mol. The lowest BCUT2D eigenvalue weighted by molar-refractivity contribution is -0.137. The highest BCUT2D eigenvalue weighted by atomic mass is 32.2.